The van der Waals surface area contributed by atoms with Gasteiger partial charge in [0.2, 0.25) is 5.75 Å². The predicted molar refractivity (Wildman–Crippen MR) is 79.9 cm³/mol. The van der Waals surface area contributed by atoms with E-state index >= 15 is 0 Å². The number of carboxylic acid groups (broad SMARTS) is 1. The molecule has 2 rings (SSSR count). The van der Waals surface area contributed by atoms with Crippen molar-refractivity contribution in [1.82, 2.24) is 0 Å². The van der Waals surface area contributed by atoms with Crippen molar-refractivity contribution >= 4 is 18.3 Å². The lowest BCUT2D eigenvalue weighted by Gasteiger charge is -2.25. The molecule has 6 heteroatoms. The van der Waals surface area contributed by atoms with Gasteiger partial charge >= 0.3 is 5.97 Å². The Hall–Kier alpha value is -2.50. The molecule has 6 nitrogen and oxygen atoms in total. The van der Waals surface area contributed by atoms with Gasteiger partial charge < -0.3 is 19.3 Å². The van der Waals surface area contributed by atoms with Crippen LogP contribution in [0.2, 0.25) is 0 Å². The number of hydrogen-bond acceptors (Lipinski definition) is 5. The van der Waals surface area contributed by atoms with Crippen molar-refractivity contribution in [3.63, 3.8) is 0 Å². The fraction of sp³-hybridized carbons (Fsp3) is 0.375. The number of fused-ring (bicyclic) bond motifs is 1. The number of methoxy groups -OCH3 is 2. The molecule has 0 radical (unpaired) electrons. The minimum absolute atomic E-state index is 0.0926. The Bertz CT molecular complexity index is 605. The Kier molecular flexibility index (Phi) is 5.04. The third-order valence-corrected chi connectivity index (χ3v) is 3.45. The predicted octanol–water partition coefficient (Wildman–Crippen LogP) is 2.55. The van der Waals surface area contributed by atoms with Gasteiger partial charge in [0.1, 0.15) is 6.10 Å². The zero-order valence-electron chi connectivity index (χ0n) is 12.5. The number of hydrogen-bond donors (Lipinski definition) is 1. The van der Waals surface area contributed by atoms with Crippen LogP contribution in [0.25, 0.3) is 6.08 Å². The fourth-order valence-corrected chi connectivity index (χ4v) is 2.38. The molecule has 0 bridgehead atoms. The van der Waals surface area contributed by atoms with Crippen LogP contribution >= 0.6 is 0 Å². The van der Waals surface area contributed by atoms with E-state index in [4.69, 9.17) is 19.3 Å². The first-order chi connectivity index (χ1) is 10.6. The first-order valence-electron chi connectivity index (χ1n) is 6.91. The number of carboxylic acids is 1. The molecule has 1 aromatic rings. The Labute approximate surface area is 128 Å². The van der Waals surface area contributed by atoms with Crippen molar-refractivity contribution in [3.8, 4) is 17.2 Å². The third kappa shape index (κ3) is 3.21. The Morgan fingerprint density at radius 2 is 2.18 bits per heavy atom. The second kappa shape index (κ2) is 6.98. The summed E-state index contributed by atoms with van der Waals surface area (Å²) in [5.41, 5.74) is 1.09. The van der Waals surface area contributed by atoms with Gasteiger partial charge in [-0.2, -0.15) is 0 Å². The number of aliphatic carboxylic acids is 1. The summed E-state index contributed by atoms with van der Waals surface area (Å²) in [7, 11) is 2.99. The first-order valence-corrected chi connectivity index (χ1v) is 6.91. The van der Waals surface area contributed by atoms with Crippen LogP contribution in [0.4, 0.5) is 0 Å². The summed E-state index contributed by atoms with van der Waals surface area (Å²) >= 11 is 0. The highest BCUT2D eigenvalue weighted by molar-refractivity contribution is 5.87. The van der Waals surface area contributed by atoms with Crippen molar-refractivity contribution in [2.24, 2.45) is 0 Å². The van der Waals surface area contributed by atoms with Crippen molar-refractivity contribution in [2.75, 3.05) is 14.2 Å². The quantitative estimate of drug-likeness (QED) is 0.780. The maximum Gasteiger partial charge on any atom is 0.303 e. The van der Waals surface area contributed by atoms with E-state index in [9.17, 15) is 9.59 Å². The molecule has 0 saturated heterocycles. The highest BCUT2D eigenvalue weighted by Gasteiger charge is 2.24. The molecule has 0 aromatic heterocycles. The summed E-state index contributed by atoms with van der Waals surface area (Å²) in [5.74, 6) is 0.466. The minimum Gasteiger partial charge on any atom is -0.493 e. The molecule has 1 atom stereocenters. The van der Waals surface area contributed by atoms with Gasteiger partial charge in [-0.05, 0) is 25.0 Å². The molecule has 1 aromatic carbocycles. The van der Waals surface area contributed by atoms with Crippen molar-refractivity contribution in [2.45, 2.75) is 25.4 Å². The zero-order valence-corrected chi connectivity index (χ0v) is 12.5. The smallest absolute Gasteiger partial charge is 0.303 e. The number of rotatable bonds is 7. The van der Waals surface area contributed by atoms with Gasteiger partial charge in [0.15, 0.2) is 17.8 Å². The fourth-order valence-electron chi connectivity index (χ4n) is 2.38. The topological polar surface area (TPSA) is 82.1 Å². The number of carbonyl (C=O) groups is 2. The average molecular weight is 306 g/mol. The van der Waals surface area contributed by atoms with E-state index in [-0.39, 0.29) is 12.5 Å². The lowest BCUT2D eigenvalue weighted by molar-refractivity contribution is -0.137. The molecule has 0 saturated carbocycles. The summed E-state index contributed by atoms with van der Waals surface area (Å²) < 4.78 is 16.4. The van der Waals surface area contributed by atoms with Crippen LogP contribution in [0, 0.1) is 0 Å². The van der Waals surface area contributed by atoms with E-state index < -0.39 is 5.97 Å². The number of carbonyl (C=O) groups excluding carboxylic acids is 1. The number of ether oxygens (including phenoxy) is 3. The van der Waals surface area contributed by atoms with Crippen LogP contribution in [0.5, 0.6) is 17.2 Å². The van der Waals surface area contributed by atoms with Gasteiger partial charge in [0, 0.05) is 17.5 Å². The molecule has 1 N–H and O–H groups in total. The van der Waals surface area contributed by atoms with Gasteiger partial charge in [0.25, 0.3) is 0 Å². The van der Waals surface area contributed by atoms with Crippen LogP contribution < -0.4 is 14.2 Å². The number of benzene rings is 1. The highest BCUT2D eigenvalue weighted by atomic mass is 16.5. The van der Waals surface area contributed by atoms with Gasteiger partial charge in [-0.1, -0.05) is 6.08 Å². The van der Waals surface area contributed by atoms with E-state index in [1.165, 1.54) is 14.2 Å². The molecular formula is C16H18O6. The number of aldehydes is 1. The van der Waals surface area contributed by atoms with Gasteiger partial charge in [-0.3, -0.25) is 9.59 Å². The molecule has 0 aliphatic carbocycles. The molecule has 1 heterocycles. The second-order valence-electron chi connectivity index (χ2n) is 4.86. The average Bonchev–Trinajstić information content (AvgIpc) is 2.52. The summed E-state index contributed by atoms with van der Waals surface area (Å²) in [6.07, 6.45) is 5.27. The second-order valence-corrected chi connectivity index (χ2v) is 4.86. The Morgan fingerprint density at radius 1 is 1.41 bits per heavy atom. The van der Waals surface area contributed by atoms with E-state index in [0.29, 0.717) is 41.2 Å². The minimum atomic E-state index is -0.831. The van der Waals surface area contributed by atoms with Gasteiger partial charge in [-0.15, -0.1) is 0 Å². The lowest BCUT2D eigenvalue weighted by Crippen LogP contribution is -2.18. The molecule has 0 fully saturated rings. The SMILES string of the molecule is COc1cc(C=O)c2c(c1OC)OC(CCCC(=O)O)C=C2. The molecule has 0 spiro atoms. The standard InChI is InChI=1S/C16H18O6/c1-20-13-8-10(9-17)12-7-6-11(4-3-5-14(18)19)22-15(12)16(13)21-2/h6-9,11H,3-5H2,1-2H3,(H,18,19). The van der Waals surface area contributed by atoms with E-state index in [1.54, 1.807) is 12.1 Å². The maximum absolute atomic E-state index is 11.2. The van der Waals surface area contributed by atoms with Crippen molar-refractivity contribution < 1.29 is 28.9 Å². The van der Waals surface area contributed by atoms with Crippen molar-refractivity contribution in [3.05, 3.63) is 23.3 Å². The maximum atomic E-state index is 11.2. The van der Waals surface area contributed by atoms with Gasteiger partial charge in [-0.25, -0.2) is 0 Å². The summed E-state index contributed by atoms with van der Waals surface area (Å²) in [6, 6.07) is 1.60. The normalized spacial score (nSPS) is 15.6. The zero-order chi connectivity index (χ0) is 16.1. The van der Waals surface area contributed by atoms with E-state index in [1.807, 2.05) is 6.08 Å². The van der Waals surface area contributed by atoms with Crippen LogP contribution in [0.1, 0.15) is 35.2 Å². The molecular weight excluding hydrogens is 288 g/mol. The van der Waals surface area contributed by atoms with Crippen LogP contribution in [-0.2, 0) is 4.79 Å². The lowest BCUT2D eigenvalue weighted by atomic mass is 10.0. The third-order valence-electron chi connectivity index (χ3n) is 3.45. The summed E-state index contributed by atoms with van der Waals surface area (Å²) in [5, 5.41) is 8.69. The molecule has 22 heavy (non-hydrogen) atoms. The Morgan fingerprint density at radius 3 is 2.77 bits per heavy atom. The van der Waals surface area contributed by atoms with Gasteiger partial charge in [0.05, 0.1) is 14.2 Å². The van der Waals surface area contributed by atoms with E-state index in [2.05, 4.69) is 0 Å². The monoisotopic (exact) mass is 306 g/mol. The Balaban J connectivity index is 2.29. The highest BCUT2D eigenvalue weighted by Crippen LogP contribution is 2.44. The van der Waals surface area contributed by atoms with E-state index in [0.717, 1.165) is 6.29 Å². The van der Waals surface area contributed by atoms with Crippen LogP contribution in [0.15, 0.2) is 12.1 Å². The summed E-state index contributed by atoms with van der Waals surface area (Å²) in [6.45, 7) is 0. The largest absolute Gasteiger partial charge is 0.493 e. The molecule has 1 aliphatic rings. The van der Waals surface area contributed by atoms with Crippen LogP contribution in [-0.4, -0.2) is 37.7 Å². The first kappa shape index (κ1) is 15.9. The molecule has 1 unspecified atom stereocenters. The molecule has 1 aliphatic heterocycles. The molecule has 0 amide bonds. The summed E-state index contributed by atoms with van der Waals surface area (Å²) in [4.78, 5) is 21.8. The van der Waals surface area contributed by atoms with Crippen LogP contribution in [0.3, 0.4) is 0 Å². The van der Waals surface area contributed by atoms with Crippen molar-refractivity contribution in [1.29, 1.82) is 0 Å². The molecule has 118 valence electrons.